The van der Waals surface area contributed by atoms with E-state index in [0.29, 0.717) is 0 Å². The van der Waals surface area contributed by atoms with E-state index >= 15 is 0 Å². The van der Waals surface area contributed by atoms with Gasteiger partial charge in [-0.2, -0.15) is 0 Å². The van der Waals surface area contributed by atoms with Crippen LogP contribution in [-0.4, -0.2) is 93.6 Å². The first-order valence-corrected chi connectivity index (χ1v) is 0. The molecule has 4 heteroatoms. The molecule has 0 unspecified atom stereocenters. The summed E-state index contributed by atoms with van der Waals surface area (Å²) in [6.45, 7) is 0. The fourth-order valence-electron chi connectivity index (χ4n) is 0. The zero-order valence-electron chi connectivity index (χ0n) is 2.57. The van der Waals surface area contributed by atoms with Gasteiger partial charge in [-0.1, -0.05) is 0 Å². The van der Waals surface area contributed by atoms with Crippen molar-refractivity contribution in [3.8, 4) is 0 Å². The van der Waals surface area contributed by atoms with E-state index in [1.165, 1.54) is 0 Å². The largest absolute Gasteiger partial charge is 0 e. The molecule has 0 aliphatic rings. The van der Waals surface area contributed by atoms with Crippen LogP contribution in [0.5, 0.6) is 0 Å². The third kappa shape index (κ3) is 8.93. The molecule has 9 radical (unpaired) electrons. The number of hydrogen-bond acceptors (Lipinski definition) is 0. The molecule has 0 aliphatic heterocycles. The van der Waals surface area contributed by atoms with Crippen LogP contribution in [0.4, 0.5) is 0 Å². The van der Waals surface area contributed by atoms with Gasteiger partial charge in [0.25, 0.3) is 0 Å². The van der Waals surface area contributed by atoms with Gasteiger partial charge in [-0.05, 0) is 0 Å². The summed E-state index contributed by atoms with van der Waals surface area (Å²) >= 11 is 0. The van der Waals surface area contributed by atoms with E-state index in [1.807, 2.05) is 0 Å². The van der Waals surface area contributed by atoms with E-state index in [-0.39, 0.29) is 93.6 Å². The Kier molecular flexibility index (Phi) is 113. The van der Waals surface area contributed by atoms with Crippen LogP contribution in [0.3, 0.4) is 0 Å². The molecule has 0 heterocycles. The summed E-state index contributed by atoms with van der Waals surface area (Å²) in [5, 5.41) is 0. The molecule has 0 bridgehead atoms. The summed E-state index contributed by atoms with van der Waals surface area (Å²) in [4.78, 5) is 0. The second kappa shape index (κ2) is 16.5. The predicted octanol–water partition coefficient (Wildman–Crippen LogP) is -1.52. The summed E-state index contributed by atoms with van der Waals surface area (Å²) in [6, 6.07) is 0. The van der Waals surface area contributed by atoms with E-state index in [2.05, 4.69) is 0 Å². The van der Waals surface area contributed by atoms with Crippen molar-refractivity contribution in [2.24, 2.45) is 0 Å². The molecule has 0 aromatic carbocycles. The van der Waals surface area contributed by atoms with Crippen molar-refractivity contribution in [1.29, 1.82) is 0 Å². The maximum absolute atomic E-state index is 0. The molecule has 0 saturated heterocycles. The molecule has 11 valence electrons. The third-order valence-corrected chi connectivity index (χ3v) is 0. The molecule has 4 heavy (non-hydrogen) atoms. The second-order valence-corrected chi connectivity index (χ2v) is 0. The Morgan fingerprint density at radius 1 is 0.500 bits per heavy atom. The first-order chi connectivity index (χ1) is 0. The zero-order valence-corrected chi connectivity index (χ0v) is 9.36. The molecule has 0 N–H and O–H groups in total. The zero-order chi connectivity index (χ0) is 0. The van der Waals surface area contributed by atoms with Crippen LogP contribution in [0.15, 0.2) is 0 Å². The summed E-state index contributed by atoms with van der Waals surface area (Å²) in [7, 11) is 0. The van der Waals surface area contributed by atoms with Crippen molar-refractivity contribution in [1.82, 2.24) is 0 Å². The molecule has 0 fully saturated rings. The summed E-state index contributed by atoms with van der Waals surface area (Å²) in [6.07, 6.45) is 0. The van der Waals surface area contributed by atoms with Gasteiger partial charge in [0.05, 0.1) is 0 Å². The fourth-order valence-corrected chi connectivity index (χ4v) is 0. The quantitative estimate of drug-likeness (QED) is 0.411. The molecule has 0 atom stereocenters. The maximum Gasteiger partial charge on any atom is 0 e. The smallest absolute Gasteiger partial charge is 0 e. The van der Waals surface area contributed by atoms with Crippen LogP contribution in [0.25, 0.3) is 0 Å². The van der Waals surface area contributed by atoms with Gasteiger partial charge in [0.1, 0.15) is 0 Å². The van der Waals surface area contributed by atoms with Crippen molar-refractivity contribution >= 4 is 93.6 Å². The Morgan fingerprint density at radius 2 is 0.500 bits per heavy atom. The summed E-state index contributed by atoms with van der Waals surface area (Å²) in [5.74, 6) is 0. The van der Waals surface area contributed by atoms with Crippen LogP contribution in [0, 0.1) is 0 Å². The van der Waals surface area contributed by atoms with Gasteiger partial charge in [-0.15, -0.1) is 0 Å². The van der Waals surface area contributed by atoms with E-state index in [0.717, 1.165) is 0 Å². The van der Waals surface area contributed by atoms with Gasteiger partial charge in [0.15, 0.2) is 0 Å². The molecule has 0 amide bonds. The van der Waals surface area contributed by atoms with E-state index in [4.69, 9.17) is 0 Å². The topological polar surface area (TPSA) is 0 Å². The summed E-state index contributed by atoms with van der Waals surface area (Å²) < 4.78 is 0. The first-order valence-electron chi connectivity index (χ1n) is 0. The van der Waals surface area contributed by atoms with Crippen LogP contribution >= 0.6 is 0 Å². The monoisotopic (exact) mass is 193 g/mol. The van der Waals surface area contributed by atoms with Crippen molar-refractivity contribution < 1.29 is 0 Å². The van der Waals surface area contributed by atoms with Crippen LogP contribution in [0.2, 0.25) is 0 Å². The molecule has 0 aromatic heterocycles. The molecule has 0 saturated carbocycles. The standard InChI is InChI=1S/3Mg.Sb. The number of rotatable bonds is 0. The normalized spacial score (nSPS) is 0. The molecular weight excluding hydrogens is 195 g/mol. The van der Waals surface area contributed by atoms with Crippen molar-refractivity contribution in [3.63, 3.8) is 0 Å². The first kappa shape index (κ1) is 27.4. The van der Waals surface area contributed by atoms with Gasteiger partial charge >= 0.3 is 0 Å². The minimum absolute atomic E-state index is 0. The van der Waals surface area contributed by atoms with Crippen LogP contribution in [0.1, 0.15) is 0 Å². The average Bonchev–Trinajstić information content (AvgIpc) is 0. The van der Waals surface area contributed by atoms with Gasteiger partial charge < -0.3 is 0 Å². The van der Waals surface area contributed by atoms with Crippen LogP contribution in [-0.2, 0) is 0 Å². The fraction of sp³-hybridized carbons (Fsp3) is 0. The number of hydrogen-bond donors (Lipinski definition) is 0. The minimum atomic E-state index is 0. The predicted molar refractivity (Wildman–Crippen MR) is 23.0 cm³/mol. The molecule has 0 aliphatic carbocycles. The Hall–Kier alpha value is 3.12. The van der Waals surface area contributed by atoms with Crippen molar-refractivity contribution in [2.45, 2.75) is 0 Å². The molecule has 0 aromatic rings. The molecule has 0 rings (SSSR count). The minimum Gasteiger partial charge on any atom is 0 e. The van der Waals surface area contributed by atoms with Crippen LogP contribution < -0.4 is 0 Å². The molecule has 0 nitrogen and oxygen atoms in total. The van der Waals surface area contributed by atoms with Gasteiger partial charge in [-0.25, -0.2) is 0 Å². The van der Waals surface area contributed by atoms with E-state index in [9.17, 15) is 0 Å². The van der Waals surface area contributed by atoms with Crippen molar-refractivity contribution in [3.05, 3.63) is 0 Å². The third-order valence-electron chi connectivity index (χ3n) is 0. The second-order valence-electron chi connectivity index (χ2n) is 0. The summed E-state index contributed by atoms with van der Waals surface area (Å²) in [5.41, 5.74) is 0. The SMILES string of the molecule is [Mg].[Mg].[Mg].[Sb]. The van der Waals surface area contributed by atoms with E-state index in [1.54, 1.807) is 0 Å². The van der Waals surface area contributed by atoms with Gasteiger partial charge in [0, 0.05) is 93.6 Å². The Bertz CT molecular complexity index is 3.25. The Labute approximate surface area is 91.7 Å². The average molecular weight is 195 g/mol. The van der Waals surface area contributed by atoms with Crippen molar-refractivity contribution in [2.75, 3.05) is 0 Å². The molecular formula is Mg3Sb. The Balaban J connectivity index is 0. The van der Waals surface area contributed by atoms with Gasteiger partial charge in [-0.3, -0.25) is 0 Å². The molecule has 0 spiro atoms. The maximum atomic E-state index is 0. The Morgan fingerprint density at radius 3 is 0.500 bits per heavy atom. The van der Waals surface area contributed by atoms with E-state index < -0.39 is 0 Å². The van der Waals surface area contributed by atoms with Gasteiger partial charge in [0.2, 0.25) is 0 Å².